The van der Waals surface area contributed by atoms with Crippen molar-refractivity contribution in [3.05, 3.63) is 29.7 Å². The zero-order chi connectivity index (χ0) is 11.7. The summed E-state index contributed by atoms with van der Waals surface area (Å²) in [5.74, 6) is 0.459. The summed E-state index contributed by atoms with van der Waals surface area (Å²) < 4.78 is 1.87. The first kappa shape index (κ1) is 11.4. The fourth-order valence-corrected chi connectivity index (χ4v) is 1.88. The molecule has 2 heterocycles. The topological polar surface area (TPSA) is 30.2 Å². The molecule has 0 amide bonds. The van der Waals surface area contributed by atoms with Crippen molar-refractivity contribution in [2.45, 2.75) is 32.6 Å². The van der Waals surface area contributed by atoms with Crippen molar-refractivity contribution >= 4 is 17.2 Å². The second-order valence-electron chi connectivity index (χ2n) is 4.52. The predicted molar refractivity (Wildman–Crippen MR) is 65.9 cm³/mol. The number of nitrogens with zero attached hydrogens (tertiary/aromatic N) is 3. The lowest BCUT2D eigenvalue weighted by Gasteiger charge is -2.14. The summed E-state index contributed by atoms with van der Waals surface area (Å²) in [6, 6.07) is 4.15. The number of fused-ring (bicyclic) bond motifs is 1. The van der Waals surface area contributed by atoms with E-state index in [1.54, 1.807) is 6.33 Å². The zero-order valence-corrected chi connectivity index (χ0v) is 10.6. The van der Waals surface area contributed by atoms with E-state index in [-0.39, 0.29) is 5.38 Å². The van der Waals surface area contributed by atoms with Gasteiger partial charge in [0.2, 0.25) is 0 Å². The van der Waals surface area contributed by atoms with E-state index >= 15 is 0 Å². The van der Waals surface area contributed by atoms with Crippen LogP contribution in [-0.4, -0.2) is 20.0 Å². The summed E-state index contributed by atoms with van der Waals surface area (Å²) in [5, 5.41) is 4.35. The third-order valence-corrected chi connectivity index (χ3v) is 3.38. The Balaban J connectivity index is 2.39. The molecule has 86 valence electrons. The van der Waals surface area contributed by atoms with E-state index in [0.717, 1.165) is 17.8 Å². The molecule has 0 saturated carbocycles. The molecule has 16 heavy (non-hydrogen) atoms. The van der Waals surface area contributed by atoms with Crippen LogP contribution < -0.4 is 0 Å². The van der Waals surface area contributed by atoms with Crippen molar-refractivity contribution in [3.63, 3.8) is 0 Å². The number of aryl methyl sites for hydroxylation is 1. The Morgan fingerprint density at radius 1 is 1.38 bits per heavy atom. The third-order valence-electron chi connectivity index (χ3n) is 2.72. The van der Waals surface area contributed by atoms with Crippen LogP contribution in [0, 0.1) is 12.8 Å². The number of aromatic nitrogens is 3. The van der Waals surface area contributed by atoms with Gasteiger partial charge in [-0.25, -0.2) is 9.50 Å². The summed E-state index contributed by atoms with van der Waals surface area (Å²) in [4.78, 5) is 4.20. The molecule has 0 aliphatic carbocycles. The molecule has 0 aliphatic heterocycles. The minimum Gasteiger partial charge on any atom is -0.218 e. The van der Waals surface area contributed by atoms with Crippen LogP contribution in [0.15, 0.2) is 18.5 Å². The molecular formula is C12H16ClN3. The molecule has 4 heteroatoms. The summed E-state index contributed by atoms with van der Waals surface area (Å²) >= 11 is 6.31. The Morgan fingerprint density at radius 2 is 2.12 bits per heavy atom. The highest BCUT2D eigenvalue weighted by Gasteiger charge is 2.13. The monoisotopic (exact) mass is 237 g/mol. The van der Waals surface area contributed by atoms with Crippen LogP contribution in [0.5, 0.6) is 0 Å². The fourth-order valence-electron chi connectivity index (χ4n) is 1.72. The van der Waals surface area contributed by atoms with Crippen LogP contribution in [0.1, 0.15) is 25.1 Å². The molecular weight excluding hydrogens is 222 g/mol. The van der Waals surface area contributed by atoms with Crippen molar-refractivity contribution in [3.8, 4) is 0 Å². The fraction of sp³-hybridized carbons (Fsp3) is 0.500. The maximum Gasteiger partial charge on any atom is 0.155 e. The van der Waals surface area contributed by atoms with Gasteiger partial charge in [-0.15, -0.1) is 11.6 Å². The second-order valence-corrected chi connectivity index (χ2v) is 5.08. The molecule has 1 atom stereocenters. The summed E-state index contributed by atoms with van der Waals surface area (Å²) in [6.07, 6.45) is 2.40. The van der Waals surface area contributed by atoms with Gasteiger partial charge < -0.3 is 0 Å². The molecule has 0 aliphatic rings. The molecule has 0 radical (unpaired) electrons. The Bertz CT molecular complexity index is 490. The van der Waals surface area contributed by atoms with Gasteiger partial charge in [-0.1, -0.05) is 13.8 Å². The standard InChI is InChI=1S/C12H16ClN3/c1-8(2)11(13)6-10-4-9(3)5-12-14-7-15-16(10)12/h4-5,7-8,11H,6H2,1-3H3. The first-order valence-electron chi connectivity index (χ1n) is 5.51. The van der Waals surface area contributed by atoms with Crippen LogP contribution in [0.25, 0.3) is 5.65 Å². The van der Waals surface area contributed by atoms with E-state index in [1.165, 1.54) is 5.56 Å². The lowest BCUT2D eigenvalue weighted by Crippen LogP contribution is -2.14. The van der Waals surface area contributed by atoms with Crippen LogP contribution in [-0.2, 0) is 6.42 Å². The number of hydrogen-bond donors (Lipinski definition) is 0. The summed E-state index contributed by atoms with van der Waals surface area (Å²) in [6.45, 7) is 6.33. The average molecular weight is 238 g/mol. The van der Waals surface area contributed by atoms with Crippen LogP contribution in [0.2, 0.25) is 0 Å². The van der Waals surface area contributed by atoms with Gasteiger partial charge in [0.05, 0.1) is 0 Å². The van der Waals surface area contributed by atoms with Gasteiger partial charge in [-0.3, -0.25) is 0 Å². The van der Waals surface area contributed by atoms with Crippen molar-refractivity contribution in [2.24, 2.45) is 5.92 Å². The predicted octanol–water partition coefficient (Wildman–Crippen LogP) is 2.84. The first-order chi connectivity index (χ1) is 7.58. The molecule has 0 saturated heterocycles. The average Bonchev–Trinajstić information content (AvgIpc) is 2.65. The number of pyridine rings is 1. The maximum absolute atomic E-state index is 6.31. The molecule has 0 fully saturated rings. The number of alkyl halides is 1. The number of hydrogen-bond acceptors (Lipinski definition) is 2. The van der Waals surface area contributed by atoms with E-state index in [1.807, 2.05) is 10.6 Å². The van der Waals surface area contributed by atoms with Gasteiger partial charge in [-0.05, 0) is 30.5 Å². The number of rotatable bonds is 3. The Kier molecular flexibility index (Phi) is 3.15. The molecule has 0 spiro atoms. The largest absolute Gasteiger partial charge is 0.218 e. The third kappa shape index (κ3) is 2.19. The molecule has 0 bridgehead atoms. The Hall–Kier alpha value is -1.09. The van der Waals surface area contributed by atoms with Gasteiger partial charge in [0, 0.05) is 17.5 Å². The van der Waals surface area contributed by atoms with Crippen molar-refractivity contribution in [2.75, 3.05) is 0 Å². The van der Waals surface area contributed by atoms with Gasteiger partial charge in [-0.2, -0.15) is 5.10 Å². The summed E-state index contributed by atoms with van der Waals surface area (Å²) in [5.41, 5.74) is 3.21. The van der Waals surface area contributed by atoms with E-state index < -0.39 is 0 Å². The molecule has 2 rings (SSSR count). The molecule has 0 N–H and O–H groups in total. The molecule has 0 aromatic carbocycles. The van der Waals surface area contributed by atoms with Crippen molar-refractivity contribution in [1.29, 1.82) is 0 Å². The molecule has 1 unspecified atom stereocenters. The van der Waals surface area contributed by atoms with Crippen LogP contribution in [0.3, 0.4) is 0 Å². The SMILES string of the molecule is Cc1cc(CC(Cl)C(C)C)n2ncnc2c1. The molecule has 3 nitrogen and oxygen atoms in total. The molecule has 2 aromatic rings. The van der Waals surface area contributed by atoms with Gasteiger partial charge >= 0.3 is 0 Å². The maximum atomic E-state index is 6.31. The van der Waals surface area contributed by atoms with Gasteiger partial charge in [0.25, 0.3) is 0 Å². The van der Waals surface area contributed by atoms with E-state index in [2.05, 4.69) is 36.9 Å². The minimum absolute atomic E-state index is 0.134. The lowest BCUT2D eigenvalue weighted by atomic mass is 10.0. The van der Waals surface area contributed by atoms with E-state index in [4.69, 9.17) is 11.6 Å². The minimum atomic E-state index is 0.134. The van der Waals surface area contributed by atoms with E-state index in [9.17, 15) is 0 Å². The van der Waals surface area contributed by atoms with Gasteiger partial charge in [0.1, 0.15) is 6.33 Å². The Labute approximate surface area is 100 Å². The van der Waals surface area contributed by atoms with Crippen LogP contribution in [0.4, 0.5) is 0 Å². The quantitative estimate of drug-likeness (QED) is 0.769. The van der Waals surface area contributed by atoms with Crippen molar-refractivity contribution < 1.29 is 0 Å². The molecule has 2 aromatic heterocycles. The highest BCUT2D eigenvalue weighted by atomic mass is 35.5. The second kappa shape index (κ2) is 4.42. The lowest BCUT2D eigenvalue weighted by molar-refractivity contribution is 0.584. The highest BCUT2D eigenvalue weighted by Crippen LogP contribution is 2.17. The Morgan fingerprint density at radius 3 is 2.81 bits per heavy atom. The smallest absolute Gasteiger partial charge is 0.155 e. The van der Waals surface area contributed by atoms with Crippen molar-refractivity contribution in [1.82, 2.24) is 14.6 Å². The summed E-state index contributed by atoms with van der Waals surface area (Å²) in [7, 11) is 0. The zero-order valence-electron chi connectivity index (χ0n) is 9.81. The van der Waals surface area contributed by atoms with Crippen LogP contribution >= 0.6 is 11.6 Å². The highest BCUT2D eigenvalue weighted by molar-refractivity contribution is 6.20. The normalized spacial score (nSPS) is 13.6. The first-order valence-corrected chi connectivity index (χ1v) is 5.95. The van der Waals surface area contributed by atoms with E-state index in [0.29, 0.717) is 5.92 Å². The van der Waals surface area contributed by atoms with Gasteiger partial charge in [0.15, 0.2) is 5.65 Å². The number of halogens is 1.